The van der Waals surface area contributed by atoms with Gasteiger partial charge in [-0.1, -0.05) is 32.6 Å². The van der Waals surface area contributed by atoms with Crippen LogP contribution < -0.4 is 0 Å². The number of aromatic nitrogens is 4. The Bertz CT molecular complexity index is 573. The minimum Gasteiger partial charge on any atom is -0.297 e. The number of rotatable bonds is 7. The van der Waals surface area contributed by atoms with Gasteiger partial charge in [-0.3, -0.25) is 14.6 Å². The smallest absolute Gasteiger partial charge is 0.195 e. The van der Waals surface area contributed by atoms with Crippen molar-refractivity contribution in [3.63, 3.8) is 0 Å². The second-order valence-corrected chi connectivity index (χ2v) is 5.55. The summed E-state index contributed by atoms with van der Waals surface area (Å²) in [5.74, 6) is 0.881. The predicted octanol–water partition coefficient (Wildman–Crippen LogP) is 4.53. The zero-order chi connectivity index (χ0) is 14.4. The Labute approximate surface area is 125 Å². The second-order valence-electron chi connectivity index (χ2n) is 5.16. The minimum absolute atomic E-state index is 0.355. The van der Waals surface area contributed by atoms with E-state index in [0.717, 1.165) is 17.8 Å². The summed E-state index contributed by atoms with van der Waals surface area (Å²) in [5, 5.41) is 7.26. The fraction of sp³-hybridized carbons (Fsp3) is 0.533. The van der Waals surface area contributed by atoms with Crippen LogP contribution in [0.5, 0.6) is 0 Å². The Balaban J connectivity index is 2.15. The summed E-state index contributed by atoms with van der Waals surface area (Å²) in [6, 6.07) is 4.29. The average molecular weight is 290 g/mol. The lowest BCUT2D eigenvalue weighted by molar-refractivity contribution is 0.471. The Kier molecular flexibility index (Phi) is 5.47. The molecule has 1 atom stereocenters. The number of nitrogens with one attached hydrogen (secondary N) is 1. The van der Waals surface area contributed by atoms with E-state index < -0.39 is 0 Å². The zero-order valence-electron chi connectivity index (χ0n) is 12.2. The van der Waals surface area contributed by atoms with Crippen molar-refractivity contribution < 1.29 is 0 Å². The SMILES string of the molecule is CCCCCCC(C)n1c(-c2cccnc2)n[nH]c1=S. The molecule has 1 N–H and O–H groups in total. The minimum atomic E-state index is 0.355. The van der Waals surface area contributed by atoms with Gasteiger partial charge in [-0.15, -0.1) is 0 Å². The van der Waals surface area contributed by atoms with E-state index in [1.165, 1.54) is 25.7 Å². The molecule has 0 aromatic carbocycles. The molecule has 0 bridgehead atoms. The molecule has 2 heterocycles. The van der Waals surface area contributed by atoms with Crippen LogP contribution >= 0.6 is 12.2 Å². The van der Waals surface area contributed by atoms with Crippen molar-refractivity contribution in [2.45, 2.75) is 52.0 Å². The number of pyridine rings is 1. The molecule has 5 heteroatoms. The van der Waals surface area contributed by atoms with E-state index in [9.17, 15) is 0 Å². The molecular formula is C15H22N4S. The van der Waals surface area contributed by atoms with Crippen LogP contribution in [0, 0.1) is 4.77 Å². The van der Waals surface area contributed by atoms with Gasteiger partial charge in [-0.25, -0.2) is 0 Å². The van der Waals surface area contributed by atoms with E-state index in [0.29, 0.717) is 10.8 Å². The van der Waals surface area contributed by atoms with Gasteiger partial charge in [-0.05, 0) is 37.7 Å². The Hall–Kier alpha value is -1.49. The van der Waals surface area contributed by atoms with Crippen LogP contribution in [0.25, 0.3) is 11.4 Å². The third kappa shape index (κ3) is 3.54. The number of hydrogen-bond donors (Lipinski definition) is 1. The van der Waals surface area contributed by atoms with Gasteiger partial charge in [0.25, 0.3) is 0 Å². The first-order valence-corrected chi connectivity index (χ1v) is 7.72. The largest absolute Gasteiger partial charge is 0.297 e. The van der Waals surface area contributed by atoms with E-state index in [-0.39, 0.29) is 0 Å². The molecule has 0 spiro atoms. The lowest BCUT2D eigenvalue weighted by Crippen LogP contribution is -2.07. The Morgan fingerprint density at radius 3 is 2.90 bits per heavy atom. The molecule has 0 aliphatic heterocycles. The molecule has 0 saturated carbocycles. The Morgan fingerprint density at radius 1 is 1.35 bits per heavy atom. The van der Waals surface area contributed by atoms with Crippen LogP contribution in [-0.4, -0.2) is 19.7 Å². The molecule has 2 aromatic rings. The first-order valence-electron chi connectivity index (χ1n) is 7.31. The van der Waals surface area contributed by atoms with Gasteiger partial charge in [0, 0.05) is 24.0 Å². The molecule has 0 aliphatic rings. The maximum absolute atomic E-state index is 5.38. The number of H-pyrrole nitrogens is 1. The van der Waals surface area contributed by atoms with Crippen LogP contribution in [0.3, 0.4) is 0 Å². The maximum Gasteiger partial charge on any atom is 0.195 e. The fourth-order valence-corrected chi connectivity index (χ4v) is 2.72. The molecule has 20 heavy (non-hydrogen) atoms. The zero-order valence-corrected chi connectivity index (χ0v) is 13.0. The number of unbranched alkanes of at least 4 members (excludes halogenated alkanes) is 3. The van der Waals surface area contributed by atoms with Crippen LogP contribution in [0.15, 0.2) is 24.5 Å². The highest BCUT2D eigenvalue weighted by Crippen LogP contribution is 2.23. The summed E-state index contributed by atoms with van der Waals surface area (Å²) >= 11 is 5.38. The van der Waals surface area contributed by atoms with Gasteiger partial charge >= 0.3 is 0 Å². The molecule has 2 aromatic heterocycles. The molecular weight excluding hydrogens is 268 g/mol. The van der Waals surface area contributed by atoms with Gasteiger partial charge in [-0.2, -0.15) is 5.10 Å². The summed E-state index contributed by atoms with van der Waals surface area (Å²) < 4.78 is 2.80. The van der Waals surface area contributed by atoms with Gasteiger partial charge < -0.3 is 0 Å². The maximum atomic E-state index is 5.38. The summed E-state index contributed by atoms with van der Waals surface area (Å²) in [6.45, 7) is 4.44. The van der Waals surface area contributed by atoms with Crippen LogP contribution in [-0.2, 0) is 0 Å². The van der Waals surface area contributed by atoms with Crippen LogP contribution in [0.1, 0.15) is 52.0 Å². The molecule has 2 rings (SSSR count). The highest BCUT2D eigenvalue weighted by atomic mass is 32.1. The highest BCUT2D eigenvalue weighted by molar-refractivity contribution is 7.71. The second kappa shape index (κ2) is 7.33. The summed E-state index contributed by atoms with van der Waals surface area (Å²) in [4.78, 5) is 4.16. The van der Waals surface area contributed by atoms with E-state index in [1.54, 1.807) is 6.20 Å². The molecule has 0 radical (unpaired) electrons. The fourth-order valence-electron chi connectivity index (χ4n) is 2.41. The first-order chi connectivity index (χ1) is 9.74. The Morgan fingerprint density at radius 2 is 2.20 bits per heavy atom. The summed E-state index contributed by atoms with van der Waals surface area (Å²) in [6.07, 6.45) is 9.80. The molecule has 4 nitrogen and oxygen atoms in total. The van der Waals surface area contributed by atoms with Crippen molar-refractivity contribution in [2.24, 2.45) is 0 Å². The van der Waals surface area contributed by atoms with Crippen molar-refractivity contribution >= 4 is 12.2 Å². The number of aromatic amines is 1. The molecule has 108 valence electrons. The van der Waals surface area contributed by atoms with E-state index in [2.05, 4.69) is 33.6 Å². The molecule has 0 saturated heterocycles. The average Bonchev–Trinajstić information content (AvgIpc) is 2.86. The molecule has 1 unspecified atom stereocenters. The van der Waals surface area contributed by atoms with E-state index >= 15 is 0 Å². The molecule has 0 aliphatic carbocycles. The van der Waals surface area contributed by atoms with Crippen LogP contribution in [0.2, 0.25) is 0 Å². The highest BCUT2D eigenvalue weighted by Gasteiger charge is 2.14. The van der Waals surface area contributed by atoms with Crippen molar-refractivity contribution in [3.8, 4) is 11.4 Å². The van der Waals surface area contributed by atoms with Crippen LogP contribution in [0.4, 0.5) is 0 Å². The monoisotopic (exact) mass is 290 g/mol. The number of nitrogens with zero attached hydrogens (tertiary/aromatic N) is 3. The van der Waals surface area contributed by atoms with E-state index in [4.69, 9.17) is 12.2 Å². The third-order valence-corrected chi connectivity index (χ3v) is 3.83. The summed E-state index contributed by atoms with van der Waals surface area (Å²) in [5.41, 5.74) is 1.00. The lowest BCUT2D eigenvalue weighted by Gasteiger charge is -2.15. The summed E-state index contributed by atoms with van der Waals surface area (Å²) in [7, 11) is 0. The quantitative estimate of drug-likeness (QED) is 0.602. The topological polar surface area (TPSA) is 46.5 Å². The van der Waals surface area contributed by atoms with Gasteiger partial charge in [0.15, 0.2) is 10.6 Å². The number of hydrogen-bond acceptors (Lipinski definition) is 3. The lowest BCUT2D eigenvalue weighted by atomic mass is 10.1. The van der Waals surface area contributed by atoms with Crippen molar-refractivity contribution in [2.75, 3.05) is 0 Å². The van der Waals surface area contributed by atoms with Crippen molar-refractivity contribution in [3.05, 3.63) is 29.3 Å². The standard InChI is InChI=1S/C15H22N4S/c1-3-4-5-6-8-12(2)19-14(17-18-15(19)20)13-9-7-10-16-11-13/h7,9-12H,3-6,8H2,1-2H3,(H,18,20). The first kappa shape index (κ1) is 14.9. The van der Waals surface area contributed by atoms with E-state index in [1.807, 2.05) is 18.3 Å². The van der Waals surface area contributed by atoms with Crippen molar-refractivity contribution in [1.82, 2.24) is 19.7 Å². The molecule has 0 amide bonds. The van der Waals surface area contributed by atoms with Crippen molar-refractivity contribution in [1.29, 1.82) is 0 Å². The van der Waals surface area contributed by atoms with Gasteiger partial charge in [0.1, 0.15) is 0 Å². The van der Waals surface area contributed by atoms with Gasteiger partial charge in [0.2, 0.25) is 0 Å². The normalized spacial score (nSPS) is 12.5. The molecule has 0 fully saturated rings. The predicted molar refractivity (Wildman–Crippen MR) is 84.1 cm³/mol. The third-order valence-electron chi connectivity index (χ3n) is 3.54. The van der Waals surface area contributed by atoms with Gasteiger partial charge in [0.05, 0.1) is 0 Å².